The third kappa shape index (κ3) is 1.86. The predicted molar refractivity (Wildman–Crippen MR) is 89.6 cm³/mol. The van der Waals surface area contributed by atoms with Gasteiger partial charge in [-0.05, 0) is 49.1 Å². The number of allylic oxidation sites excluding steroid dienone is 2. The van der Waals surface area contributed by atoms with E-state index in [2.05, 4.69) is 12.2 Å². The number of benzene rings is 1. The van der Waals surface area contributed by atoms with Gasteiger partial charge in [-0.3, -0.25) is 9.59 Å². The molecule has 0 spiro atoms. The first-order valence-electron chi connectivity index (χ1n) is 8.95. The summed E-state index contributed by atoms with van der Waals surface area (Å²) in [5.41, 5.74) is 0.633. The predicted octanol–water partition coefficient (Wildman–Crippen LogP) is 2.42. The van der Waals surface area contributed by atoms with Crippen LogP contribution in [0.15, 0.2) is 36.4 Å². The van der Waals surface area contributed by atoms with Gasteiger partial charge in [0.05, 0.1) is 29.7 Å². The third-order valence-electron chi connectivity index (χ3n) is 6.30. The highest BCUT2D eigenvalue weighted by molar-refractivity contribution is 6.24. The normalized spacial score (nSPS) is 37.1. The van der Waals surface area contributed by atoms with Crippen molar-refractivity contribution in [1.29, 1.82) is 0 Å². The van der Waals surface area contributed by atoms with Crippen LogP contribution in [0.4, 0.5) is 5.69 Å². The molecular weight excluding hydrogens is 318 g/mol. The standard InChI is InChI=1S/C20H19NO4/c1-2-25-20(24)12-5-3-4-6-15(12)21-18(22)16-10-7-8-11(14-9-13(10)14)17(16)19(21)23/h3-8,10-11,13-14,16-17H,2,9H2,1H3/t10-,11-,13-,14+,16-,17+/m0/s1. The first-order valence-corrected chi connectivity index (χ1v) is 8.95. The van der Waals surface area contributed by atoms with Gasteiger partial charge in [-0.1, -0.05) is 24.3 Å². The maximum atomic E-state index is 13.2. The van der Waals surface area contributed by atoms with Gasteiger partial charge in [0.1, 0.15) is 0 Å². The number of carbonyl (C=O) groups is 3. The Labute approximate surface area is 145 Å². The second kappa shape index (κ2) is 5.04. The molecule has 2 amide bonds. The van der Waals surface area contributed by atoms with E-state index in [1.807, 2.05) is 0 Å². The molecule has 5 heteroatoms. The molecule has 0 radical (unpaired) electrons. The van der Waals surface area contributed by atoms with E-state index in [0.29, 0.717) is 17.5 Å². The summed E-state index contributed by atoms with van der Waals surface area (Å²) in [6.07, 6.45) is 5.42. The Morgan fingerprint density at radius 1 is 1.08 bits per heavy atom. The van der Waals surface area contributed by atoms with Gasteiger partial charge in [-0.25, -0.2) is 9.69 Å². The van der Waals surface area contributed by atoms with Crippen LogP contribution in [-0.4, -0.2) is 24.4 Å². The molecule has 1 aromatic carbocycles. The number of anilines is 1. The lowest BCUT2D eigenvalue weighted by Crippen LogP contribution is -2.40. The molecule has 6 rings (SSSR count). The fourth-order valence-corrected chi connectivity index (χ4v) is 5.24. The molecule has 4 aliphatic carbocycles. The van der Waals surface area contributed by atoms with Crippen molar-refractivity contribution in [3.63, 3.8) is 0 Å². The van der Waals surface area contributed by atoms with Crippen molar-refractivity contribution < 1.29 is 19.1 Å². The van der Waals surface area contributed by atoms with Crippen molar-refractivity contribution in [2.75, 3.05) is 11.5 Å². The summed E-state index contributed by atoms with van der Waals surface area (Å²) in [6.45, 7) is 1.98. The molecule has 128 valence electrons. The van der Waals surface area contributed by atoms with Gasteiger partial charge in [0.25, 0.3) is 0 Å². The topological polar surface area (TPSA) is 63.7 Å². The SMILES string of the molecule is CCOC(=O)c1ccccc1N1C(=O)[C@@H]2[C@H]3C=C[C@@H]([C@@H]4C[C@H]34)[C@@H]2C1=O. The Morgan fingerprint density at radius 3 is 2.28 bits per heavy atom. The van der Waals surface area contributed by atoms with Crippen molar-refractivity contribution in [3.8, 4) is 0 Å². The Bertz CT molecular complexity index is 793. The maximum absolute atomic E-state index is 13.2. The van der Waals surface area contributed by atoms with Crippen LogP contribution in [0.25, 0.3) is 0 Å². The van der Waals surface area contributed by atoms with Crippen LogP contribution in [0, 0.1) is 35.5 Å². The monoisotopic (exact) mass is 337 g/mol. The van der Waals surface area contributed by atoms with Gasteiger partial charge in [0, 0.05) is 0 Å². The molecule has 1 aromatic rings. The zero-order valence-corrected chi connectivity index (χ0v) is 13.9. The van der Waals surface area contributed by atoms with Crippen molar-refractivity contribution in [1.82, 2.24) is 0 Å². The van der Waals surface area contributed by atoms with Crippen LogP contribution in [0.1, 0.15) is 23.7 Å². The summed E-state index contributed by atoms with van der Waals surface area (Å²) in [5.74, 6) is 0.141. The van der Waals surface area contributed by atoms with Crippen LogP contribution in [0.5, 0.6) is 0 Å². The molecule has 5 aliphatic rings. The van der Waals surface area contributed by atoms with Crippen LogP contribution >= 0.6 is 0 Å². The highest BCUT2D eigenvalue weighted by atomic mass is 16.5. The van der Waals surface area contributed by atoms with Gasteiger partial charge in [-0.15, -0.1) is 0 Å². The van der Waals surface area contributed by atoms with Crippen molar-refractivity contribution in [3.05, 3.63) is 42.0 Å². The number of para-hydroxylation sites is 1. The summed E-state index contributed by atoms with van der Waals surface area (Å²) < 4.78 is 5.10. The Morgan fingerprint density at radius 2 is 1.68 bits per heavy atom. The zero-order valence-electron chi connectivity index (χ0n) is 13.9. The molecule has 0 aromatic heterocycles. The lowest BCUT2D eigenvalue weighted by atomic mass is 9.63. The number of hydrogen-bond acceptors (Lipinski definition) is 4. The molecule has 2 bridgehead atoms. The van der Waals surface area contributed by atoms with E-state index < -0.39 is 5.97 Å². The quantitative estimate of drug-likeness (QED) is 0.483. The van der Waals surface area contributed by atoms with Crippen LogP contribution in [-0.2, 0) is 14.3 Å². The number of ether oxygens (including phenoxy) is 1. The Kier molecular flexibility index (Phi) is 3.00. The smallest absolute Gasteiger partial charge is 0.340 e. The molecule has 0 unspecified atom stereocenters. The average Bonchev–Trinajstić information content (AvgIpc) is 3.40. The van der Waals surface area contributed by atoms with Crippen LogP contribution in [0.2, 0.25) is 0 Å². The Balaban J connectivity index is 1.56. The van der Waals surface area contributed by atoms with Crippen LogP contribution < -0.4 is 4.90 Å². The highest BCUT2D eigenvalue weighted by Gasteiger charge is 2.67. The van der Waals surface area contributed by atoms with E-state index >= 15 is 0 Å². The Hall–Kier alpha value is -2.43. The minimum absolute atomic E-state index is 0.156. The number of amides is 2. The lowest BCUT2D eigenvalue weighted by Gasteiger charge is -2.37. The van der Waals surface area contributed by atoms with E-state index in [1.165, 1.54) is 4.90 Å². The molecule has 0 N–H and O–H groups in total. The molecule has 5 nitrogen and oxygen atoms in total. The molecule has 2 saturated carbocycles. The van der Waals surface area contributed by atoms with E-state index in [-0.39, 0.29) is 47.7 Å². The van der Waals surface area contributed by atoms with Gasteiger partial charge in [-0.2, -0.15) is 0 Å². The first kappa shape index (κ1) is 14.9. The molecule has 1 aliphatic heterocycles. The zero-order chi connectivity index (χ0) is 17.3. The minimum Gasteiger partial charge on any atom is -0.462 e. The number of esters is 1. The van der Waals surface area contributed by atoms with Gasteiger partial charge in [0.2, 0.25) is 11.8 Å². The van der Waals surface area contributed by atoms with E-state index in [9.17, 15) is 14.4 Å². The average molecular weight is 337 g/mol. The number of carbonyl (C=O) groups excluding carboxylic acids is 3. The summed E-state index contributed by atoms with van der Waals surface area (Å²) >= 11 is 0. The number of hydrogen-bond donors (Lipinski definition) is 0. The largest absolute Gasteiger partial charge is 0.462 e. The first-order chi connectivity index (χ1) is 12.1. The summed E-state index contributed by atoms with van der Waals surface area (Å²) in [5, 5.41) is 0. The fraction of sp³-hybridized carbons (Fsp3) is 0.450. The summed E-state index contributed by atoms with van der Waals surface area (Å²) in [6, 6.07) is 6.73. The molecule has 3 fully saturated rings. The third-order valence-corrected chi connectivity index (χ3v) is 6.30. The molecule has 6 atom stereocenters. The van der Waals surface area contributed by atoms with Crippen LogP contribution in [0.3, 0.4) is 0 Å². The van der Waals surface area contributed by atoms with Crippen molar-refractivity contribution in [2.45, 2.75) is 13.3 Å². The minimum atomic E-state index is -0.502. The second-order valence-electron chi connectivity index (χ2n) is 7.40. The fourth-order valence-electron chi connectivity index (χ4n) is 5.24. The van der Waals surface area contributed by atoms with Gasteiger partial charge < -0.3 is 4.74 Å². The molecule has 1 saturated heterocycles. The van der Waals surface area contributed by atoms with Gasteiger partial charge >= 0.3 is 5.97 Å². The molecule has 25 heavy (non-hydrogen) atoms. The lowest BCUT2D eigenvalue weighted by molar-refractivity contribution is -0.124. The van der Waals surface area contributed by atoms with E-state index in [0.717, 1.165) is 6.42 Å². The molecular formula is C20H19NO4. The molecule has 1 heterocycles. The van der Waals surface area contributed by atoms with Gasteiger partial charge in [0.15, 0.2) is 0 Å². The summed E-state index contributed by atoms with van der Waals surface area (Å²) in [4.78, 5) is 39.8. The second-order valence-corrected chi connectivity index (χ2v) is 7.40. The van der Waals surface area contributed by atoms with Crippen molar-refractivity contribution in [2.24, 2.45) is 35.5 Å². The van der Waals surface area contributed by atoms with Crippen molar-refractivity contribution >= 4 is 23.5 Å². The van der Waals surface area contributed by atoms with E-state index in [1.54, 1.807) is 31.2 Å². The number of rotatable bonds is 3. The highest BCUT2D eigenvalue weighted by Crippen LogP contribution is 2.65. The summed E-state index contributed by atoms with van der Waals surface area (Å²) in [7, 11) is 0. The maximum Gasteiger partial charge on any atom is 0.340 e. The van der Waals surface area contributed by atoms with E-state index in [4.69, 9.17) is 4.74 Å². The number of imide groups is 1. The number of nitrogens with zero attached hydrogens (tertiary/aromatic N) is 1.